The maximum absolute atomic E-state index is 11.7. The third kappa shape index (κ3) is 4.34. The van der Waals surface area contributed by atoms with Gasteiger partial charge in [0.2, 0.25) is 0 Å². The van der Waals surface area contributed by atoms with Crippen molar-refractivity contribution in [1.82, 2.24) is 10.2 Å². The van der Waals surface area contributed by atoms with Crippen molar-refractivity contribution in [3.8, 4) is 0 Å². The van der Waals surface area contributed by atoms with E-state index in [-0.39, 0.29) is 6.09 Å². The van der Waals surface area contributed by atoms with E-state index in [1.54, 1.807) is 4.90 Å². The first-order valence-corrected chi connectivity index (χ1v) is 5.24. The molecule has 0 aromatic carbocycles. The van der Waals surface area contributed by atoms with E-state index in [0.717, 1.165) is 18.7 Å². The van der Waals surface area contributed by atoms with Crippen LogP contribution >= 0.6 is 0 Å². The number of nitrogens with one attached hydrogen (secondary N) is 1. The molecule has 0 unspecified atom stereocenters. The Hall–Kier alpha value is -1.03. The first-order valence-electron chi connectivity index (χ1n) is 5.24. The number of carbonyl (C=O) groups is 1. The van der Waals surface area contributed by atoms with Crippen molar-refractivity contribution in [1.29, 1.82) is 0 Å². The average molecular weight is 212 g/mol. The summed E-state index contributed by atoms with van der Waals surface area (Å²) < 4.78 is 5.30. The molecule has 1 amide bonds. The summed E-state index contributed by atoms with van der Waals surface area (Å²) in [4.78, 5) is 13.4. The lowest BCUT2D eigenvalue weighted by Gasteiger charge is -2.26. The summed E-state index contributed by atoms with van der Waals surface area (Å²) in [5.41, 5.74) is 0.580. The minimum absolute atomic E-state index is 0.257. The lowest BCUT2D eigenvalue weighted by Crippen LogP contribution is -2.38. The van der Waals surface area contributed by atoms with Crippen LogP contribution in [0.25, 0.3) is 0 Å². The zero-order valence-corrected chi connectivity index (χ0v) is 9.80. The Bertz CT molecular complexity index is 256. The third-order valence-corrected chi connectivity index (χ3v) is 2.00. The molecule has 0 bridgehead atoms. The highest BCUT2D eigenvalue weighted by Gasteiger charge is 2.23. The van der Waals surface area contributed by atoms with Crippen LogP contribution in [0.3, 0.4) is 0 Å². The Morgan fingerprint density at radius 3 is 2.80 bits per heavy atom. The van der Waals surface area contributed by atoms with E-state index in [1.807, 2.05) is 20.8 Å². The molecule has 15 heavy (non-hydrogen) atoms. The lowest BCUT2D eigenvalue weighted by molar-refractivity contribution is 0.0276. The maximum Gasteiger partial charge on any atom is 0.410 e. The maximum atomic E-state index is 11.7. The molecule has 0 radical (unpaired) electrons. The summed E-state index contributed by atoms with van der Waals surface area (Å²) >= 11 is 0. The van der Waals surface area contributed by atoms with Gasteiger partial charge in [0.15, 0.2) is 0 Å². The Morgan fingerprint density at radius 2 is 2.20 bits per heavy atom. The summed E-state index contributed by atoms with van der Waals surface area (Å²) in [6.07, 6.45) is -0.257. The molecule has 0 aromatic heterocycles. The average Bonchev–Trinajstić information content (AvgIpc) is 2.26. The Labute approximate surface area is 91.3 Å². The number of amides is 1. The fourth-order valence-corrected chi connectivity index (χ4v) is 1.37. The predicted molar refractivity (Wildman–Crippen MR) is 59.8 cm³/mol. The summed E-state index contributed by atoms with van der Waals surface area (Å²) in [7, 11) is 0. The molecule has 1 rings (SSSR count). The smallest absolute Gasteiger partial charge is 0.410 e. The van der Waals surface area contributed by atoms with Gasteiger partial charge in [-0.3, -0.25) is 0 Å². The molecule has 4 heteroatoms. The monoisotopic (exact) mass is 212 g/mol. The SMILES string of the molecule is C=C1CNCCN(C(=O)OC(C)(C)C)C1. The highest BCUT2D eigenvalue weighted by atomic mass is 16.6. The minimum atomic E-state index is -0.432. The largest absolute Gasteiger partial charge is 0.444 e. The van der Waals surface area contributed by atoms with Crippen molar-refractivity contribution < 1.29 is 9.53 Å². The van der Waals surface area contributed by atoms with E-state index >= 15 is 0 Å². The first kappa shape index (κ1) is 12.0. The Kier molecular flexibility index (Phi) is 3.74. The van der Waals surface area contributed by atoms with Crippen LogP contribution in [-0.2, 0) is 4.74 Å². The van der Waals surface area contributed by atoms with Crippen LogP contribution < -0.4 is 5.32 Å². The molecule has 1 heterocycles. The molecule has 1 fully saturated rings. The molecule has 1 saturated heterocycles. The van der Waals surface area contributed by atoms with Gasteiger partial charge >= 0.3 is 6.09 Å². The molecule has 0 saturated carbocycles. The van der Waals surface area contributed by atoms with Crippen molar-refractivity contribution in [3.63, 3.8) is 0 Å². The van der Waals surface area contributed by atoms with Gasteiger partial charge < -0.3 is 15.0 Å². The summed E-state index contributed by atoms with van der Waals surface area (Å²) in [6, 6.07) is 0. The molecule has 4 nitrogen and oxygen atoms in total. The molecule has 1 N–H and O–H groups in total. The van der Waals surface area contributed by atoms with Gasteiger partial charge in [-0.25, -0.2) is 4.79 Å². The summed E-state index contributed by atoms with van der Waals surface area (Å²) in [6.45, 7) is 12.3. The van der Waals surface area contributed by atoms with Gasteiger partial charge in [-0.15, -0.1) is 0 Å². The van der Waals surface area contributed by atoms with Crippen LogP contribution in [0.15, 0.2) is 12.2 Å². The van der Waals surface area contributed by atoms with Crippen LogP contribution in [0.4, 0.5) is 4.79 Å². The van der Waals surface area contributed by atoms with E-state index in [9.17, 15) is 4.79 Å². The van der Waals surface area contributed by atoms with Crippen molar-refractivity contribution in [2.75, 3.05) is 26.2 Å². The quantitative estimate of drug-likeness (QED) is 0.617. The second-order valence-corrected chi connectivity index (χ2v) is 4.83. The molecule has 0 aromatic rings. The van der Waals surface area contributed by atoms with Gasteiger partial charge in [-0.05, 0) is 26.3 Å². The van der Waals surface area contributed by atoms with Gasteiger partial charge in [0, 0.05) is 26.2 Å². The zero-order valence-electron chi connectivity index (χ0n) is 9.80. The van der Waals surface area contributed by atoms with E-state index < -0.39 is 5.60 Å². The standard InChI is InChI=1S/C11H20N2O2/c1-9-7-12-5-6-13(8-9)10(14)15-11(2,3)4/h12H,1,5-8H2,2-4H3. The first-order chi connectivity index (χ1) is 6.88. The van der Waals surface area contributed by atoms with Crippen molar-refractivity contribution >= 4 is 6.09 Å². The van der Waals surface area contributed by atoms with Gasteiger partial charge in [-0.1, -0.05) is 6.58 Å². The van der Waals surface area contributed by atoms with Crippen molar-refractivity contribution in [2.45, 2.75) is 26.4 Å². The van der Waals surface area contributed by atoms with E-state index in [4.69, 9.17) is 4.74 Å². The van der Waals surface area contributed by atoms with E-state index in [0.29, 0.717) is 13.1 Å². The van der Waals surface area contributed by atoms with Crippen LogP contribution in [-0.4, -0.2) is 42.8 Å². The number of nitrogens with zero attached hydrogens (tertiary/aromatic N) is 1. The number of ether oxygens (including phenoxy) is 1. The van der Waals surface area contributed by atoms with Crippen molar-refractivity contribution in [3.05, 3.63) is 12.2 Å². The molecular formula is C11H20N2O2. The fraction of sp³-hybridized carbons (Fsp3) is 0.727. The summed E-state index contributed by atoms with van der Waals surface area (Å²) in [5, 5.41) is 3.20. The Balaban J connectivity index is 2.54. The van der Waals surface area contributed by atoms with Gasteiger partial charge in [-0.2, -0.15) is 0 Å². The predicted octanol–water partition coefficient (Wildman–Crippen LogP) is 1.38. The van der Waals surface area contributed by atoms with Gasteiger partial charge in [0.25, 0.3) is 0 Å². The van der Waals surface area contributed by atoms with Crippen molar-refractivity contribution in [2.24, 2.45) is 0 Å². The molecular weight excluding hydrogens is 192 g/mol. The second-order valence-electron chi connectivity index (χ2n) is 4.83. The highest BCUT2D eigenvalue weighted by Crippen LogP contribution is 2.11. The number of hydrogen-bond donors (Lipinski definition) is 1. The van der Waals surface area contributed by atoms with Gasteiger partial charge in [0.05, 0.1) is 0 Å². The fourth-order valence-electron chi connectivity index (χ4n) is 1.37. The van der Waals surface area contributed by atoms with Crippen LogP contribution in [0, 0.1) is 0 Å². The Morgan fingerprint density at radius 1 is 1.53 bits per heavy atom. The molecule has 0 spiro atoms. The van der Waals surface area contributed by atoms with Crippen LogP contribution in [0.2, 0.25) is 0 Å². The normalized spacial score (nSPS) is 18.6. The van der Waals surface area contributed by atoms with E-state index in [1.165, 1.54) is 0 Å². The molecule has 1 aliphatic heterocycles. The third-order valence-electron chi connectivity index (χ3n) is 2.00. The second kappa shape index (κ2) is 4.66. The number of carbonyl (C=O) groups excluding carboxylic acids is 1. The topological polar surface area (TPSA) is 41.6 Å². The highest BCUT2D eigenvalue weighted by molar-refractivity contribution is 5.68. The number of hydrogen-bond acceptors (Lipinski definition) is 3. The molecule has 1 aliphatic rings. The van der Waals surface area contributed by atoms with Gasteiger partial charge in [0.1, 0.15) is 5.60 Å². The molecule has 0 aliphatic carbocycles. The van der Waals surface area contributed by atoms with Crippen LogP contribution in [0.5, 0.6) is 0 Å². The number of rotatable bonds is 0. The molecule has 0 atom stereocenters. The van der Waals surface area contributed by atoms with E-state index in [2.05, 4.69) is 11.9 Å². The van der Waals surface area contributed by atoms with Crippen LogP contribution in [0.1, 0.15) is 20.8 Å². The minimum Gasteiger partial charge on any atom is -0.444 e. The zero-order chi connectivity index (χ0) is 11.5. The lowest BCUT2D eigenvalue weighted by atomic mass is 10.2. The molecule has 86 valence electrons. The summed E-state index contributed by atoms with van der Waals surface area (Å²) in [5.74, 6) is 0.